The monoisotopic (exact) mass is 133 g/mol. The number of rotatable bonds is 3. The van der Waals surface area contributed by atoms with Crippen molar-refractivity contribution in [3.63, 3.8) is 0 Å². The molecular weight excluding hydrogens is 122 g/mol. The zero-order valence-corrected chi connectivity index (χ0v) is 5.28. The van der Waals surface area contributed by atoms with Gasteiger partial charge in [0.15, 0.2) is 6.29 Å². The second-order valence-electron chi connectivity index (χ2n) is 2.05. The summed E-state index contributed by atoms with van der Waals surface area (Å²) in [5, 5.41) is 8.50. The van der Waals surface area contributed by atoms with Crippen molar-refractivity contribution < 1.29 is 14.6 Å². The first kappa shape index (κ1) is 6.95. The number of aliphatic hydroxyl groups is 1. The Kier molecular flexibility index (Phi) is 2.02. The average molecular weight is 133 g/mol. The van der Waals surface area contributed by atoms with E-state index in [9.17, 15) is 0 Å². The van der Waals surface area contributed by atoms with Crippen LogP contribution in [0.4, 0.5) is 0 Å². The zero-order valence-electron chi connectivity index (χ0n) is 5.28. The van der Waals surface area contributed by atoms with Crippen molar-refractivity contribution in [2.75, 3.05) is 13.7 Å². The Balaban J connectivity index is 2.17. The summed E-state index contributed by atoms with van der Waals surface area (Å²) in [5.41, 5.74) is 5.39. The minimum Gasteiger partial charge on any atom is -0.395 e. The normalized spacial score (nSPS) is 36.3. The molecule has 0 spiro atoms. The van der Waals surface area contributed by atoms with Gasteiger partial charge in [0, 0.05) is 7.11 Å². The van der Waals surface area contributed by atoms with Crippen LogP contribution in [0.25, 0.3) is 0 Å². The van der Waals surface area contributed by atoms with Gasteiger partial charge in [-0.15, -0.1) is 0 Å². The molecule has 0 bridgehead atoms. The first-order valence-electron chi connectivity index (χ1n) is 2.84. The summed E-state index contributed by atoms with van der Waals surface area (Å²) in [5.74, 6) is 0. The van der Waals surface area contributed by atoms with Crippen LogP contribution in [0.1, 0.15) is 0 Å². The molecule has 0 amide bonds. The van der Waals surface area contributed by atoms with E-state index in [4.69, 9.17) is 20.3 Å². The molecule has 2 unspecified atom stereocenters. The van der Waals surface area contributed by atoms with E-state index in [-0.39, 0.29) is 25.0 Å². The standard InChI is InChI=1S/C5H11NO3/c1-8-5-4(9-5)3(6)2-7/h3-5,7H,2,6H2,1H3/t3-,4?,5?/m0/s1. The van der Waals surface area contributed by atoms with Crippen LogP contribution in [-0.4, -0.2) is 37.3 Å². The molecule has 0 radical (unpaired) electrons. The summed E-state index contributed by atoms with van der Waals surface area (Å²) in [6.45, 7) is -0.0511. The second-order valence-corrected chi connectivity index (χ2v) is 2.05. The van der Waals surface area contributed by atoms with Crippen LogP contribution < -0.4 is 5.73 Å². The minimum absolute atomic E-state index is 0.0511. The van der Waals surface area contributed by atoms with Gasteiger partial charge >= 0.3 is 0 Å². The third-order valence-electron chi connectivity index (χ3n) is 1.35. The Hall–Kier alpha value is -0.160. The third-order valence-corrected chi connectivity index (χ3v) is 1.35. The summed E-state index contributed by atoms with van der Waals surface area (Å²) < 4.78 is 9.69. The largest absolute Gasteiger partial charge is 0.395 e. The Morgan fingerprint density at radius 1 is 1.89 bits per heavy atom. The molecule has 1 fully saturated rings. The number of ether oxygens (including phenoxy) is 2. The lowest BCUT2D eigenvalue weighted by Crippen LogP contribution is -2.31. The van der Waals surface area contributed by atoms with Crippen LogP contribution in [0.2, 0.25) is 0 Å². The predicted octanol–water partition coefficient (Wildman–Crippen LogP) is -1.32. The van der Waals surface area contributed by atoms with E-state index in [1.54, 1.807) is 7.11 Å². The Morgan fingerprint density at radius 3 is 2.89 bits per heavy atom. The fourth-order valence-corrected chi connectivity index (χ4v) is 0.706. The number of hydrogen-bond donors (Lipinski definition) is 2. The lowest BCUT2D eigenvalue weighted by atomic mass is 10.2. The number of methoxy groups -OCH3 is 1. The Bertz CT molecular complexity index is 98.2. The molecule has 1 heterocycles. The van der Waals surface area contributed by atoms with Gasteiger partial charge in [0.25, 0.3) is 0 Å². The summed E-state index contributed by atoms with van der Waals surface area (Å²) >= 11 is 0. The van der Waals surface area contributed by atoms with Gasteiger partial charge in [-0.05, 0) is 0 Å². The predicted molar refractivity (Wildman–Crippen MR) is 30.7 cm³/mol. The molecule has 3 atom stereocenters. The van der Waals surface area contributed by atoms with Crippen LogP contribution in [0.5, 0.6) is 0 Å². The number of hydrogen-bond acceptors (Lipinski definition) is 4. The van der Waals surface area contributed by atoms with Crippen LogP contribution >= 0.6 is 0 Å². The van der Waals surface area contributed by atoms with Crippen molar-refractivity contribution >= 4 is 0 Å². The van der Waals surface area contributed by atoms with Gasteiger partial charge in [-0.2, -0.15) is 0 Å². The highest BCUT2D eigenvalue weighted by Crippen LogP contribution is 2.24. The molecule has 54 valence electrons. The topological polar surface area (TPSA) is 68.0 Å². The molecule has 9 heavy (non-hydrogen) atoms. The molecule has 1 rings (SSSR count). The van der Waals surface area contributed by atoms with E-state index in [1.807, 2.05) is 0 Å². The summed E-state index contributed by atoms with van der Waals surface area (Å²) in [4.78, 5) is 0. The quantitative estimate of drug-likeness (QED) is 0.468. The average Bonchev–Trinajstić information content (AvgIpc) is 2.64. The first-order valence-corrected chi connectivity index (χ1v) is 2.84. The molecule has 0 aliphatic carbocycles. The highest BCUT2D eigenvalue weighted by atomic mass is 16.8. The SMILES string of the molecule is COC1OC1[C@@H](N)CO. The minimum atomic E-state index is -0.296. The van der Waals surface area contributed by atoms with Crippen molar-refractivity contribution in [1.29, 1.82) is 0 Å². The molecule has 0 aromatic heterocycles. The van der Waals surface area contributed by atoms with Crippen LogP contribution in [0, 0.1) is 0 Å². The Labute approximate surface area is 53.6 Å². The maximum atomic E-state index is 8.50. The van der Waals surface area contributed by atoms with Crippen LogP contribution in [0.3, 0.4) is 0 Å². The molecule has 1 aliphatic heterocycles. The number of nitrogens with two attached hydrogens (primary N) is 1. The van der Waals surface area contributed by atoms with Gasteiger partial charge in [-0.3, -0.25) is 0 Å². The molecule has 0 saturated carbocycles. The fourth-order valence-electron chi connectivity index (χ4n) is 0.706. The number of aliphatic hydroxyl groups excluding tert-OH is 1. The molecule has 3 N–H and O–H groups in total. The summed E-state index contributed by atoms with van der Waals surface area (Å²) in [6.07, 6.45) is -0.285. The van der Waals surface area contributed by atoms with E-state index in [0.29, 0.717) is 0 Å². The van der Waals surface area contributed by atoms with Crippen molar-refractivity contribution in [2.45, 2.75) is 18.4 Å². The van der Waals surface area contributed by atoms with E-state index in [0.717, 1.165) is 0 Å². The molecule has 1 saturated heterocycles. The lowest BCUT2D eigenvalue weighted by Gasteiger charge is -2.00. The third kappa shape index (κ3) is 1.40. The van der Waals surface area contributed by atoms with E-state index in [1.165, 1.54) is 0 Å². The van der Waals surface area contributed by atoms with Gasteiger partial charge in [0.2, 0.25) is 0 Å². The lowest BCUT2D eigenvalue weighted by molar-refractivity contribution is 0.0950. The van der Waals surface area contributed by atoms with E-state index >= 15 is 0 Å². The van der Waals surface area contributed by atoms with Crippen LogP contribution in [-0.2, 0) is 9.47 Å². The zero-order chi connectivity index (χ0) is 6.85. The van der Waals surface area contributed by atoms with Gasteiger partial charge in [-0.25, -0.2) is 0 Å². The van der Waals surface area contributed by atoms with Gasteiger partial charge in [0.1, 0.15) is 6.10 Å². The fraction of sp³-hybridized carbons (Fsp3) is 1.00. The summed E-state index contributed by atoms with van der Waals surface area (Å²) in [6, 6.07) is -0.296. The van der Waals surface area contributed by atoms with E-state index < -0.39 is 0 Å². The Morgan fingerprint density at radius 2 is 2.56 bits per heavy atom. The van der Waals surface area contributed by atoms with Gasteiger partial charge in [-0.1, -0.05) is 0 Å². The molecular formula is C5H11NO3. The first-order chi connectivity index (χ1) is 4.29. The van der Waals surface area contributed by atoms with Crippen LogP contribution in [0.15, 0.2) is 0 Å². The molecule has 1 aliphatic rings. The van der Waals surface area contributed by atoms with Crippen molar-refractivity contribution in [2.24, 2.45) is 5.73 Å². The van der Waals surface area contributed by atoms with Crippen molar-refractivity contribution in [3.05, 3.63) is 0 Å². The maximum Gasteiger partial charge on any atom is 0.185 e. The van der Waals surface area contributed by atoms with Gasteiger partial charge in [0.05, 0.1) is 12.6 Å². The maximum absolute atomic E-state index is 8.50. The highest BCUT2D eigenvalue weighted by molar-refractivity contribution is 4.86. The van der Waals surface area contributed by atoms with Gasteiger partial charge < -0.3 is 20.3 Å². The van der Waals surface area contributed by atoms with Crippen molar-refractivity contribution in [1.82, 2.24) is 0 Å². The molecule has 4 heteroatoms. The molecule has 4 nitrogen and oxygen atoms in total. The van der Waals surface area contributed by atoms with E-state index in [2.05, 4.69) is 0 Å². The highest BCUT2D eigenvalue weighted by Gasteiger charge is 2.43. The summed E-state index contributed by atoms with van der Waals surface area (Å²) in [7, 11) is 1.55. The van der Waals surface area contributed by atoms with Crippen molar-refractivity contribution in [3.8, 4) is 0 Å². The second kappa shape index (κ2) is 2.62. The smallest absolute Gasteiger partial charge is 0.185 e. The number of epoxide rings is 1. The molecule has 0 aromatic carbocycles. The molecule has 0 aromatic rings.